The van der Waals surface area contributed by atoms with E-state index in [-0.39, 0.29) is 52.7 Å². The number of nitrogens with zero attached hydrogens (tertiary/aromatic N) is 5. The topological polar surface area (TPSA) is 134 Å². The highest BCUT2D eigenvalue weighted by atomic mass is 19.4. The van der Waals surface area contributed by atoms with Gasteiger partial charge in [0.1, 0.15) is 22.7 Å². The number of nitrogen functional groups attached to an aromatic ring is 1. The summed E-state index contributed by atoms with van der Waals surface area (Å²) >= 11 is 0. The van der Waals surface area contributed by atoms with Crippen molar-refractivity contribution in [3.8, 4) is 11.3 Å². The number of fused-ring (bicyclic) bond motifs is 1. The van der Waals surface area contributed by atoms with Crippen molar-refractivity contribution in [1.82, 2.24) is 24.5 Å². The van der Waals surface area contributed by atoms with Crippen molar-refractivity contribution in [1.29, 1.82) is 0 Å². The normalized spacial score (nSPS) is 25.0. The van der Waals surface area contributed by atoms with Crippen molar-refractivity contribution in [3.63, 3.8) is 0 Å². The lowest BCUT2D eigenvalue weighted by atomic mass is 9.80. The second-order valence-electron chi connectivity index (χ2n) is 12.5. The fourth-order valence-electron chi connectivity index (χ4n) is 6.83. The molecular weight excluding hydrogens is 539 g/mol. The maximum Gasteiger partial charge on any atom is 0.416 e. The third-order valence-electron chi connectivity index (χ3n) is 8.65. The smallest absolute Gasteiger partial charge is 0.416 e. The van der Waals surface area contributed by atoms with Crippen LogP contribution in [0.3, 0.4) is 0 Å². The standard InChI is InChI=1S/C28H32F3N7O3/c1-14-5-6-15(7-17(14)28(29,30)31)10-37-11-16(9-34-37)22-20(24(33)39)23(32)38(35-22)19-8-27-13-36(12-18(27)21(19)27)25(40)41-26(2,3)4/h5-7,9,11,18-19,21H,8,10,12-13,32H2,1-4H3,(H2,33,39)/t18?,19-,21-,27+/m1/s1. The molecule has 1 spiro atoms. The minimum Gasteiger partial charge on any atom is -0.444 e. The number of halogens is 3. The molecule has 2 aromatic heterocycles. The van der Waals surface area contributed by atoms with E-state index in [1.807, 2.05) is 20.8 Å². The molecular formula is C28H32F3N7O3. The summed E-state index contributed by atoms with van der Waals surface area (Å²) in [6, 6.07) is 4.13. The molecule has 13 heteroatoms. The zero-order valence-corrected chi connectivity index (χ0v) is 23.2. The van der Waals surface area contributed by atoms with Gasteiger partial charge >= 0.3 is 12.3 Å². The lowest BCUT2D eigenvalue weighted by Crippen LogP contribution is -2.42. The molecule has 2 amide bonds. The minimum absolute atomic E-state index is 0.0151. The highest BCUT2D eigenvalue weighted by molar-refractivity contribution is 6.03. The third kappa shape index (κ3) is 4.41. The average molecular weight is 572 g/mol. The number of piperidine rings is 1. The number of hydrogen-bond acceptors (Lipinski definition) is 6. The van der Waals surface area contributed by atoms with Crippen LogP contribution in [-0.4, -0.2) is 55.2 Å². The number of anilines is 1. The van der Waals surface area contributed by atoms with Crippen molar-refractivity contribution in [3.05, 3.63) is 52.8 Å². The van der Waals surface area contributed by atoms with Gasteiger partial charge in [-0.2, -0.15) is 23.4 Å². The van der Waals surface area contributed by atoms with Gasteiger partial charge in [-0.1, -0.05) is 12.1 Å². The number of hydrogen-bond donors (Lipinski definition) is 2. The van der Waals surface area contributed by atoms with Crippen LogP contribution in [0.2, 0.25) is 0 Å². The number of benzene rings is 1. The van der Waals surface area contributed by atoms with Gasteiger partial charge in [0.15, 0.2) is 0 Å². The van der Waals surface area contributed by atoms with Crippen LogP contribution < -0.4 is 11.5 Å². The Bertz CT molecular complexity index is 1570. The van der Waals surface area contributed by atoms with Gasteiger partial charge in [-0.05, 0) is 63.1 Å². The number of primary amides is 1. The van der Waals surface area contributed by atoms with Gasteiger partial charge in [-0.3, -0.25) is 9.48 Å². The molecule has 6 rings (SSSR count). The van der Waals surface area contributed by atoms with Crippen LogP contribution in [0.15, 0.2) is 30.6 Å². The van der Waals surface area contributed by atoms with Crippen LogP contribution in [-0.2, 0) is 17.5 Å². The highest BCUT2D eigenvalue weighted by Crippen LogP contribution is 2.79. The van der Waals surface area contributed by atoms with E-state index in [2.05, 4.69) is 10.2 Å². The molecule has 3 heterocycles. The summed E-state index contributed by atoms with van der Waals surface area (Å²) in [5.41, 5.74) is 12.3. The van der Waals surface area contributed by atoms with Gasteiger partial charge < -0.3 is 21.1 Å². The number of alkyl halides is 3. The number of ether oxygens (including phenoxy) is 1. The van der Waals surface area contributed by atoms with E-state index >= 15 is 0 Å². The van der Waals surface area contributed by atoms with Crippen LogP contribution in [0.4, 0.5) is 23.8 Å². The summed E-state index contributed by atoms with van der Waals surface area (Å²) in [7, 11) is 0. The zero-order valence-electron chi connectivity index (χ0n) is 23.2. The van der Waals surface area contributed by atoms with E-state index in [0.29, 0.717) is 30.1 Å². The fourth-order valence-corrected chi connectivity index (χ4v) is 6.83. The maximum atomic E-state index is 13.4. The zero-order chi connectivity index (χ0) is 29.6. The van der Waals surface area contributed by atoms with Crippen molar-refractivity contribution in [2.75, 3.05) is 18.8 Å². The molecule has 2 saturated carbocycles. The van der Waals surface area contributed by atoms with Crippen LogP contribution in [0, 0.1) is 24.2 Å². The molecule has 1 saturated heterocycles. The molecule has 2 aliphatic carbocycles. The van der Waals surface area contributed by atoms with Crippen molar-refractivity contribution >= 4 is 17.8 Å². The van der Waals surface area contributed by atoms with E-state index in [0.717, 1.165) is 12.5 Å². The summed E-state index contributed by atoms with van der Waals surface area (Å²) in [5, 5.41) is 8.97. The Morgan fingerprint density at radius 3 is 2.59 bits per heavy atom. The van der Waals surface area contributed by atoms with Crippen LogP contribution >= 0.6 is 0 Å². The Hall–Kier alpha value is -4.03. The van der Waals surface area contributed by atoms with Gasteiger partial charge in [0.2, 0.25) is 0 Å². The van der Waals surface area contributed by atoms with E-state index in [1.165, 1.54) is 23.9 Å². The Morgan fingerprint density at radius 1 is 1.22 bits per heavy atom. The molecule has 3 fully saturated rings. The van der Waals surface area contributed by atoms with Gasteiger partial charge in [0, 0.05) is 30.3 Å². The SMILES string of the molecule is Cc1ccc(Cn2cc(-c3nn([C@@H]4C[C@]56CN(C(=O)OC(C)(C)C)CC5[C@H]46)c(N)c3C(N)=O)cn2)cc1C(F)(F)F. The fraction of sp³-hybridized carbons (Fsp3) is 0.500. The summed E-state index contributed by atoms with van der Waals surface area (Å²) in [6.07, 6.45) is -0.901. The number of rotatable bonds is 5. The first-order valence-electron chi connectivity index (χ1n) is 13.4. The highest BCUT2D eigenvalue weighted by Gasteiger charge is 2.79. The second kappa shape index (κ2) is 8.73. The lowest BCUT2D eigenvalue weighted by molar-refractivity contribution is -0.138. The molecule has 4 atom stereocenters. The predicted octanol–water partition coefficient (Wildman–Crippen LogP) is 4.23. The predicted molar refractivity (Wildman–Crippen MR) is 143 cm³/mol. The summed E-state index contributed by atoms with van der Waals surface area (Å²) in [5.74, 6) is 0.0282. The number of carbonyl (C=O) groups excluding carboxylic acids is 2. The molecule has 1 unspecified atom stereocenters. The van der Waals surface area contributed by atoms with Gasteiger partial charge in [-0.15, -0.1) is 0 Å². The maximum absolute atomic E-state index is 13.4. The van der Waals surface area contributed by atoms with E-state index < -0.39 is 23.2 Å². The largest absolute Gasteiger partial charge is 0.444 e. The van der Waals surface area contributed by atoms with E-state index in [9.17, 15) is 22.8 Å². The van der Waals surface area contributed by atoms with Crippen molar-refractivity contribution in [2.45, 2.75) is 58.5 Å². The first-order chi connectivity index (χ1) is 19.1. The number of carbonyl (C=O) groups is 2. The molecule has 41 heavy (non-hydrogen) atoms. The second-order valence-corrected chi connectivity index (χ2v) is 12.5. The Morgan fingerprint density at radius 2 is 1.95 bits per heavy atom. The van der Waals surface area contributed by atoms with Crippen molar-refractivity contribution in [2.24, 2.45) is 23.0 Å². The molecule has 218 valence electrons. The van der Waals surface area contributed by atoms with Gasteiger partial charge in [0.05, 0.1) is 24.3 Å². The minimum atomic E-state index is -4.45. The molecule has 10 nitrogen and oxygen atoms in total. The number of aromatic nitrogens is 4. The number of likely N-dealkylation sites (tertiary alicyclic amines) is 1. The molecule has 3 aromatic rings. The molecule has 4 N–H and O–H groups in total. The molecule has 0 bridgehead atoms. The number of amides is 2. The Kier molecular flexibility index (Phi) is 5.78. The number of nitrogens with two attached hydrogens (primary N) is 2. The molecule has 3 aliphatic rings. The Balaban J connectivity index is 1.20. The van der Waals surface area contributed by atoms with Crippen LogP contribution in [0.25, 0.3) is 11.3 Å². The number of aryl methyl sites for hydroxylation is 1. The molecule has 1 aliphatic heterocycles. The van der Waals surface area contributed by atoms with Crippen LogP contribution in [0.5, 0.6) is 0 Å². The van der Waals surface area contributed by atoms with Crippen molar-refractivity contribution < 1.29 is 27.5 Å². The van der Waals surface area contributed by atoms with E-state index in [1.54, 1.807) is 21.8 Å². The quantitative estimate of drug-likeness (QED) is 0.471. The lowest BCUT2D eigenvalue weighted by Gasteiger charge is -2.37. The Labute approximate surface area is 234 Å². The molecule has 0 radical (unpaired) electrons. The van der Waals surface area contributed by atoms with Gasteiger partial charge in [-0.25, -0.2) is 9.48 Å². The van der Waals surface area contributed by atoms with Crippen LogP contribution in [0.1, 0.15) is 60.3 Å². The summed E-state index contributed by atoms with van der Waals surface area (Å²) in [6.45, 7) is 8.25. The summed E-state index contributed by atoms with van der Waals surface area (Å²) in [4.78, 5) is 26.7. The third-order valence-corrected chi connectivity index (χ3v) is 8.65. The summed E-state index contributed by atoms with van der Waals surface area (Å²) < 4.78 is 48.7. The first kappa shape index (κ1) is 27.2. The molecule has 1 aromatic carbocycles. The monoisotopic (exact) mass is 571 g/mol. The van der Waals surface area contributed by atoms with E-state index in [4.69, 9.17) is 16.2 Å². The average Bonchev–Trinajstić information content (AvgIpc) is 3.34. The van der Waals surface area contributed by atoms with Gasteiger partial charge in [0.25, 0.3) is 5.91 Å². The first-order valence-corrected chi connectivity index (χ1v) is 13.4.